The van der Waals surface area contributed by atoms with E-state index in [2.05, 4.69) is 47.4 Å². The van der Waals surface area contributed by atoms with Crippen LogP contribution in [0.5, 0.6) is 0 Å². The third-order valence-electron chi connectivity index (χ3n) is 14.3. The number of carbonyl (C=O) groups is 2. The Kier molecular flexibility index (Phi) is 14.4. The molecule has 6 atom stereocenters. The van der Waals surface area contributed by atoms with Crippen molar-refractivity contribution in [3.05, 3.63) is 83.4 Å². The minimum atomic E-state index is -0.118. The van der Waals surface area contributed by atoms with Gasteiger partial charge in [0.2, 0.25) is 5.91 Å². The average molecular weight is 919 g/mol. The molecule has 2 unspecified atom stereocenters. The van der Waals surface area contributed by atoms with E-state index in [1.807, 2.05) is 33.1 Å². The molecule has 1 aliphatic carbocycles. The quantitative estimate of drug-likeness (QED) is 0.143. The van der Waals surface area contributed by atoms with Crippen LogP contribution in [0.25, 0.3) is 11.3 Å². The molecule has 4 aromatic rings. The fraction of sp³-hybridized carbons (Fsp3) is 0.600. The predicted molar refractivity (Wildman–Crippen MR) is 257 cm³/mol. The van der Waals surface area contributed by atoms with E-state index in [-0.39, 0.29) is 48.0 Å². The van der Waals surface area contributed by atoms with Gasteiger partial charge in [0.15, 0.2) is 17.1 Å². The number of fused-ring (bicyclic) bond motifs is 2. The zero-order valence-corrected chi connectivity index (χ0v) is 39.7. The molecule has 0 bridgehead atoms. The van der Waals surface area contributed by atoms with Gasteiger partial charge in [-0.05, 0) is 97.5 Å². The molecule has 4 aromatic heterocycles. The number of rotatable bonds is 10. The van der Waals surface area contributed by atoms with Gasteiger partial charge in [0.25, 0.3) is 5.91 Å². The summed E-state index contributed by atoms with van der Waals surface area (Å²) >= 11 is 0. The number of piperidine rings is 2. The van der Waals surface area contributed by atoms with Crippen molar-refractivity contribution >= 4 is 34.7 Å². The Morgan fingerprint density at radius 3 is 1.91 bits per heavy atom. The summed E-state index contributed by atoms with van der Waals surface area (Å²) in [6.07, 6.45) is 21.1. The summed E-state index contributed by atoms with van der Waals surface area (Å²) in [6.45, 7) is 16.7. The molecular formula is C50H70N12O5. The summed E-state index contributed by atoms with van der Waals surface area (Å²) in [4.78, 5) is 45.5. The molecule has 360 valence electrons. The summed E-state index contributed by atoms with van der Waals surface area (Å²) in [5.41, 5.74) is 18.3. The third-order valence-corrected chi connectivity index (χ3v) is 14.3. The van der Waals surface area contributed by atoms with Gasteiger partial charge in [0.05, 0.1) is 29.6 Å². The first-order valence-corrected chi connectivity index (χ1v) is 24.8. The number of hydrogen-bond donors (Lipinski definition) is 2. The number of aromatic nitrogens is 6. The molecule has 4 N–H and O–H groups in total. The molecule has 2 amide bonds. The standard InChI is InChI=1S/C25H32N6O3.C25H38N6O2/c1-3-18(12-20-16-33-10-11-34-20)25(32)30-8-5-4-6-22(30)21-13-23-27-24(17(2)14-31(23)28-21)29-9-7-19(26)15-29;1-3-33-20-8-6-7-18(13-20)25(32)30-11-5-4-9-22(30)21-14-23-27-24(17(2)15-31(23)28-21)29-12-10-19(26)16-29/h3,12-14,16,19,22H,1,4-11,15,26H2,2H3;14-15,18-20,22H,3-13,16,26H2,1-2H3/b18-12+;/t19-,22-;18?,19-,20?,22-/m00/s1. The van der Waals surface area contributed by atoms with Gasteiger partial charge in [-0.3, -0.25) is 9.59 Å². The highest BCUT2D eigenvalue weighted by atomic mass is 16.6. The Morgan fingerprint density at radius 1 is 0.776 bits per heavy atom. The lowest BCUT2D eigenvalue weighted by Crippen LogP contribution is -2.44. The lowest BCUT2D eigenvalue weighted by atomic mass is 9.85. The minimum absolute atomic E-state index is 0.0318. The van der Waals surface area contributed by atoms with E-state index < -0.39 is 0 Å². The normalized spacial score (nSPS) is 26.0. The summed E-state index contributed by atoms with van der Waals surface area (Å²) in [5, 5.41) is 9.72. The highest BCUT2D eigenvalue weighted by Gasteiger charge is 2.37. The van der Waals surface area contributed by atoms with Gasteiger partial charge in [-0.1, -0.05) is 19.1 Å². The Balaban J connectivity index is 0.000000168. The number of ether oxygens (including phenoxy) is 3. The number of allylic oxidation sites excluding steroid dienone is 1. The number of anilines is 2. The summed E-state index contributed by atoms with van der Waals surface area (Å²) in [6, 6.07) is 4.41. The SMILES string of the molecule is C=C/C(=C\C1=COCCO1)C(=O)N1CCCC[C@H]1c1cc2nc(N3CC[C@H](N)C3)c(C)cn2n1.CCOC1CCCC(C(=O)N2CCCC[C@H]2c2cc3nc(N4CC[C@H](N)C4)c(C)cn3n2)C1. The summed E-state index contributed by atoms with van der Waals surface area (Å²) in [7, 11) is 0. The monoisotopic (exact) mass is 919 g/mol. The van der Waals surface area contributed by atoms with Crippen LogP contribution in [0.3, 0.4) is 0 Å². The largest absolute Gasteiger partial charge is 0.494 e. The highest BCUT2D eigenvalue weighted by molar-refractivity contribution is 5.96. The molecule has 0 radical (unpaired) electrons. The van der Waals surface area contributed by atoms with Crippen LogP contribution in [-0.2, 0) is 23.8 Å². The predicted octanol–water partition coefficient (Wildman–Crippen LogP) is 5.85. The first-order valence-electron chi connectivity index (χ1n) is 24.8. The molecule has 5 aliphatic heterocycles. The number of amides is 2. The van der Waals surface area contributed by atoms with E-state index >= 15 is 0 Å². The Labute approximate surface area is 394 Å². The van der Waals surface area contributed by atoms with Gasteiger partial charge in [0.1, 0.15) is 31.1 Å². The fourth-order valence-corrected chi connectivity index (χ4v) is 10.9. The molecule has 17 nitrogen and oxygen atoms in total. The van der Waals surface area contributed by atoms with Crippen molar-refractivity contribution in [3.8, 4) is 0 Å². The molecule has 4 saturated heterocycles. The molecule has 1 saturated carbocycles. The van der Waals surface area contributed by atoms with E-state index in [4.69, 9.17) is 45.8 Å². The minimum Gasteiger partial charge on any atom is -0.494 e. The first kappa shape index (κ1) is 46.6. The highest BCUT2D eigenvalue weighted by Crippen LogP contribution is 2.37. The van der Waals surface area contributed by atoms with E-state index in [0.717, 1.165) is 162 Å². The molecule has 10 rings (SSSR count). The van der Waals surface area contributed by atoms with Gasteiger partial charge in [-0.15, -0.1) is 0 Å². The number of hydrogen-bond acceptors (Lipinski definition) is 13. The molecule has 6 aliphatic rings. The van der Waals surface area contributed by atoms with Crippen LogP contribution >= 0.6 is 0 Å². The van der Waals surface area contributed by atoms with Gasteiger partial charge < -0.3 is 45.3 Å². The molecule has 9 heterocycles. The lowest BCUT2D eigenvalue weighted by molar-refractivity contribution is -0.142. The number of nitrogens with zero attached hydrogens (tertiary/aromatic N) is 10. The zero-order chi connectivity index (χ0) is 46.6. The topological polar surface area (TPSA) is 187 Å². The Morgan fingerprint density at radius 2 is 1.37 bits per heavy atom. The fourth-order valence-electron chi connectivity index (χ4n) is 10.9. The van der Waals surface area contributed by atoms with Crippen LogP contribution in [0.15, 0.2) is 60.9 Å². The van der Waals surface area contributed by atoms with Crippen molar-refractivity contribution in [1.29, 1.82) is 0 Å². The van der Waals surface area contributed by atoms with Crippen molar-refractivity contribution in [3.63, 3.8) is 0 Å². The second-order valence-corrected chi connectivity index (χ2v) is 19.3. The maximum atomic E-state index is 13.6. The van der Waals surface area contributed by atoms with Crippen molar-refractivity contribution < 1.29 is 23.8 Å². The van der Waals surface area contributed by atoms with Gasteiger partial charge in [0, 0.05) is 105 Å². The Bertz CT molecular complexity index is 2480. The molecule has 67 heavy (non-hydrogen) atoms. The van der Waals surface area contributed by atoms with Crippen molar-refractivity contribution in [2.45, 2.75) is 128 Å². The average Bonchev–Trinajstić information content (AvgIpc) is 4.17. The second-order valence-electron chi connectivity index (χ2n) is 19.3. The third kappa shape index (κ3) is 10.3. The Hall–Kier alpha value is -5.52. The van der Waals surface area contributed by atoms with Crippen LogP contribution in [0.2, 0.25) is 0 Å². The second kappa shape index (κ2) is 20.8. The van der Waals surface area contributed by atoms with Crippen LogP contribution in [-0.4, -0.2) is 128 Å². The van der Waals surface area contributed by atoms with Gasteiger partial charge in [-0.25, -0.2) is 19.0 Å². The van der Waals surface area contributed by atoms with Gasteiger partial charge >= 0.3 is 0 Å². The maximum Gasteiger partial charge on any atom is 0.254 e. The van der Waals surface area contributed by atoms with Crippen molar-refractivity contribution in [1.82, 2.24) is 39.0 Å². The van der Waals surface area contributed by atoms with E-state index in [1.165, 1.54) is 6.26 Å². The number of aryl methyl sites for hydroxylation is 2. The van der Waals surface area contributed by atoms with Crippen LogP contribution in [0.4, 0.5) is 11.6 Å². The lowest BCUT2D eigenvalue weighted by Gasteiger charge is -2.39. The first-order chi connectivity index (χ1) is 32.6. The summed E-state index contributed by atoms with van der Waals surface area (Å²) in [5.74, 6) is 2.77. The van der Waals surface area contributed by atoms with Crippen molar-refractivity contribution in [2.75, 3.05) is 68.9 Å². The smallest absolute Gasteiger partial charge is 0.254 e. The molecule has 0 aromatic carbocycles. The van der Waals surface area contributed by atoms with Crippen LogP contribution in [0, 0.1) is 19.8 Å². The zero-order valence-electron chi connectivity index (χ0n) is 39.7. The number of likely N-dealkylation sites (tertiary alicyclic amines) is 2. The number of nitrogens with two attached hydrogens (primary N) is 2. The maximum absolute atomic E-state index is 13.6. The molecule has 5 fully saturated rings. The molecule has 17 heteroatoms. The van der Waals surface area contributed by atoms with Crippen LogP contribution < -0.4 is 21.3 Å². The van der Waals surface area contributed by atoms with Crippen LogP contribution in [0.1, 0.15) is 119 Å². The molecule has 0 spiro atoms. The van der Waals surface area contributed by atoms with Crippen molar-refractivity contribution in [2.24, 2.45) is 17.4 Å². The molecular weight excluding hydrogens is 849 g/mol. The van der Waals surface area contributed by atoms with Gasteiger partial charge in [-0.2, -0.15) is 10.2 Å². The number of carbonyl (C=O) groups excluding carboxylic acids is 2. The van der Waals surface area contributed by atoms with E-state index in [0.29, 0.717) is 31.1 Å². The van der Waals surface area contributed by atoms with E-state index in [1.54, 1.807) is 12.2 Å². The summed E-state index contributed by atoms with van der Waals surface area (Å²) < 4.78 is 20.5. The van der Waals surface area contributed by atoms with E-state index in [9.17, 15) is 9.59 Å².